The fourth-order valence-electron chi connectivity index (χ4n) is 2.77. The lowest BCUT2D eigenvalue weighted by Gasteiger charge is -2.23. The van der Waals surface area contributed by atoms with Crippen LogP contribution in [0.1, 0.15) is 32.0 Å². The highest BCUT2D eigenvalue weighted by Gasteiger charge is 2.09. The van der Waals surface area contributed by atoms with Gasteiger partial charge in [-0.3, -0.25) is 4.90 Å². The van der Waals surface area contributed by atoms with E-state index in [1.165, 1.54) is 11.3 Å². The van der Waals surface area contributed by atoms with E-state index in [9.17, 15) is 0 Å². The highest BCUT2D eigenvalue weighted by molar-refractivity contribution is 5.29. The molecule has 0 atom stereocenters. The molecule has 2 rings (SSSR count). The summed E-state index contributed by atoms with van der Waals surface area (Å²) in [6, 6.07) is 12.7. The third-order valence-electron chi connectivity index (χ3n) is 3.87. The highest BCUT2D eigenvalue weighted by Crippen LogP contribution is 2.16. The van der Waals surface area contributed by atoms with Crippen molar-refractivity contribution in [2.75, 3.05) is 20.2 Å². The zero-order valence-corrected chi connectivity index (χ0v) is 14.2. The number of aromatic nitrogens is 1. The summed E-state index contributed by atoms with van der Waals surface area (Å²) < 4.78 is 7.64. The molecule has 3 heteroatoms. The maximum atomic E-state index is 5.31. The zero-order chi connectivity index (χ0) is 15.9. The van der Waals surface area contributed by atoms with E-state index in [0.717, 1.165) is 31.9 Å². The Bertz CT molecular complexity index is 574. The van der Waals surface area contributed by atoms with Crippen LogP contribution >= 0.6 is 0 Å². The summed E-state index contributed by atoms with van der Waals surface area (Å²) in [6.45, 7) is 10.9. The van der Waals surface area contributed by atoms with Crippen LogP contribution in [-0.4, -0.2) is 29.7 Å². The maximum absolute atomic E-state index is 5.31. The van der Waals surface area contributed by atoms with Crippen molar-refractivity contribution >= 4 is 0 Å². The first kappa shape index (κ1) is 16.6. The van der Waals surface area contributed by atoms with Gasteiger partial charge in [0, 0.05) is 31.5 Å². The van der Waals surface area contributed by atoms with E-state index in [2.05, 4.69) is 66.8 Å². The Morgan fingerprint density at radius 3 is 2.68 bits per heavy atom. The SMILES string of the molecule is CCN(Cc1cccn1Cc1cccc(OC)c1)CC(C)C. The lowest BCUT2D eigenvalue weighted by molar-refractivity contribution is 0.243. The molecule has 2 aromatic rings. The van der Waals surface area contributed by atoms with Crippen molar-refractivity contribution in [2.45, 2.75) is 33.9 Å². The predicted octanol–water partition coefficient (Wildman–Crippen LogP) is 4.02. The summed E-state index contributed by atoms with van der Waals surface area (Å²) in [7, 11) is 1.71. The van der Waals surface area contributed by atoms with E-state index >= 15 is 0 Å². The molecule has 0 fully saturated rings. The summed E-state index contributed by atoms with van der Waals surface area (Å²) in [5, 5.41) is 0. The molecule has 0 N–H and O–H groups in total. The number of rotatable bonds is 8. The van der Waals surface area contributed by atoms with Crippen LogP contribution in [0.5, 0.6) is 5.75 Å². The van der Waals surface area contributed by atoms with Gasteiger partial charge in [0.15, 0.2) is 0 Å². The first-order chi connectivity index (χ1) is 10.6. The quantitative estimate of drug-likeness (QED) is 0.732. The molecule has 22 heavy (non-hydrogen) atoms. The van der Waals surface area contributed by atoms with Gasteiger partial charge in [0.05, 0.1) is 7.11 Å². The molecule has 1 aromatic carbocycles. The molecule has 0 spiro atoms. The molecular weight excluding hydrogens is 272 g/mol. The molecule has 0 aliphatic carbocycles. The molecule has 120 valence electrons. The Morgan fingerprint density at radius 2 is 2.00 bits per heavy atom. The van der Waals surface area contributed by atoms with Crippen molar-refractivity contribution in [3.05, 3.63) is 53.9 Å². The van der Waals surface area contributed by atoms with Crippen molar-refractivity contribution in [1.82, 2.24) is 9.47 Å². The van der Waals surface area contributed by atoms with Crippen molar-refractivity contribution < 1.29 is 4.74 Å². The van der Waals surface area contributed by atoms with Crippen LogP contribution in [0.2, 0.25) is 0 Å². The minimum atomic E-state index is 0.696. The van der Waals surface area contributed by atoms with Crippen LogP contribution in [0.25, 0.3) is 0 Å². The van der Waals surface area contributed by atoms with Gasteiger partial charge in [-0.2, -0.15) is 0 Å². The number of hydrogen-bond donors (Lipinski definition) is 0. The van der Waals surface area contributed by atoms with Gasteiger partial charge < -0.3 is 9.30 Å². The van der Waals surface area contributed by atoms with Gasteiger partial charge in [-0.1, -0.05) is 32.9 Å². The molecule has 0 saturated carbocycles. The Kier molecular flexibility index (Phi) is 6.08. The van der Waals surface area contributed by atoms with Gasteiger partial charge >= 0.3 is 0 Å². The van der Waals surface area contributed by atoms with Gasteiger partial charge in [-0.25, -0.2) is 0 Å². The molecule has 0 aliphatic rings. The Hall–Kier alpha value is -1.74. The summed E-state index contributed by atoms with van der Waals surface area (Å²) in [4.78, 5) is 2.50. The lowest BCUT2D eigenvalue weighted by atomic mass is 10.2. The van der Waals surface area contributed by atoms with Crippen LogP contribution in [0.15, 0.2) is 42.6 Å². The second-order valence-electron chi connectivity index (χ2n) is 6.20. The Labute approximate surface area is 134 Å². The van der Waals surface area contributed by atoms with Crippen LogP contribution in [0, 0.1) is 5.92 Å². The summed E-state index contributed by atoms with van der Waals surface area (Å²) in [6.07, 6.45) is 2.16. The van der Waals surface area contributed by atoms with Gasteiger partial charge in [0.2, 0.25) is 0 Å². The molecule has 1 aromatic heterocycles. The first-order valence-corrected chi connectivity index (χ1v) is 8.11. The fourth-order valence-corrected chi connectivity index (χ4v) is 2.77. The van der Waals surface area contributed by atoms with Gasteiger partial charge in [0.25, 0.3) is 0 Å². The molecule has 0 bridgehead atoms. The summed E-state index contributed by atoms with van der Waals surface area (Å²) in [5.41, 5.74) is 2.63. The monoisotopic (exact) mass is 300 g/mol. The topological polar surface area (TPSA) is 17.4 Å². The lowest BCUT2D eigenvalue weighted by Crippen LogP contribution is -2.28. The number of ether oxygens (including phenoxy) is 1. The fraction of sp³-hybridized carbons (Fsp3) is 0.474. The molecule has 1 heterocycles. The summed E-state index contributed by atoms with van der Waals surface area (Å²) in [5.74, 6) is 1.61. The van der Waals surface area contributed by atoms with E-state index in [4.69, 9.17) is 4.74 Å². The second-order valence-corrected chi connectivity index (χ2v) is 6.20. The van der Waals surface area contributed by atoms with E-state index in [-0.39, 0.29) is 0 Å². The first-order valence-electron chi connectivity index (χ1n) is 8.11. The Balaban J connectivity index is 2.08. The number of nitrogens with zero attached hydrogens (tertiary/aromatic N) is 2. The van der Waals surface area contributed by atoms with Crippen molar-refractivity contribution in [1.29, 1.82) is 0 Å². The van der Waals surface area contributed by atoms with Crippen LogP contribution in [-0.2, 0) is 13.1 Å². The van der Waals surface area contributed by atoms with Crippen molar-refractivity contribution in [3.63, 3.8) is 0 Å². The molecular formula is C19H28N2O. The van der Waals surface area contributed by atoms with Crippen LogP contribution in [0.4, 0.5) is 0 Å². The van der Waals surface area contributed by atoms with Gasteiger partial charge in [-0.15, -0.1) is 0 Å². The number of hydrogen-bond acceptors (Lipinski definition) is 2. The molecule has 0 saturated heterocycles. The molecule has 0 amide bonds. The third kappa shape index (κ3) is 4.63. The van der Waals surface area contributed by atoms with Crippen LogP contribution in [0.3, 0.4) is 0 Å². The van der Waals surface area contributed by atoms with E-state index in [1.807, 2.05) is 6.07 Å². The largest absolute Gasteiger partial charge is 0.497 e. The third-order valence-corrected chi connectivity index (χ3v) is 3.87. The predicted molar refractivity (Wildman–Crippen MR) is 92.3 cm³/mol. The minimum Gasteiger partial charge on any atom is -0.497 e. The number of benzene rings is 1. The standard InChI is InChI=1S/C19H28N2O/c1-5-20(13-16(2)3)15-18-9-7-11-21(18)14-17-8-6-10-19(12-17)22-4/h6-12,16H,5,13-15H2,1-4H3. The van der Waals surface area contributed by atoms with Crippen molar-refractivity contribution in [3.8, 4) is 5.75 Å². The van der Waals surface area contributed by atoms with E-state index in [0.29, 0.717) is 5.92 Å². The zero-order valence-electron chi connectivity index (χ0n) is 14.2. The van der Waals surface area contributed by atoms with Gasteiger partial charge in [-0.05, 0) is 42.3 Å². The molecule has 0 unspecified atom stereocenters. The van der Waals surface area contributed by atoms with Gasteiger partial charge in [0.1, 0.15) is 5.75 Å². The highest BCUT2D eigenvalue weighted by atomic mass is 16.5. The second kappa shape index (κ2) is 8.04. The van der Waals surface area contributed by atoms with E-state index < -0.39 is 0 Å². The smallest absolute Gasteiger partial charge is 0.119 e. The molecule has 0 radical (unpaired) electrons. The minimum absolute atomic E-state index is 0.696. The molecule has 3 nitrogen and oxygen atoms in total. The van der Waals surface area contributed by atoms with Crippen molar-refractivity contribution in [2.24, 2.45) is 5.92 Å². The maximum Gasteiger partial charge on any atom is 0.119 e. The summed E-state index contributed by atoms with van der Waals surface area (Å²) >= 11 is 0. The number of methoxy groups -OCH3 is 1. The van der Waals surface area contributed by atoms with Crippen LogP contribution < -0.4 is 4.74 Å². The normalized spacial score (nSPS) is 11.4. The Morgan fingerprint density at radius 1 is 1.18 bits per heavy atom. The van der Waals surface area contributed by atoms with E-state index in [1.54, 1.807) is 7.11 Å². The average molecular weight is 300 g/mol. The average Bonchev–Trinajstić information content (AvgIpc) is 2.93. The molecule has 0 aliphatic heterocycles.